The standard InChI is InChI=1S/C13H21N/c1-4-10-14-13(5-2)12-8-6-11(3)7-9-12/h6-9,13-14H,4-5,10H2,1-3H3/t13-/m0/s1. The van der Waals surface area contributed by atoms with Gasteiger partial charge in [-0.25, -0.2) is 0 Å². The average molecular weight is 191 g/mol. The van der Waals surface area contributed by atoms with Gasteiger partial charge in [0, 0.05) is 6.04 Å². The number of benzene rings is 1. The van der Waals surface area contributed by atoms with Gasteiger partial charge in [0.2, 0.25) is 0 Å². The number of rotatable bonds is 5. The van der Waals surface area contributed by atoms with Gasteiger partial charge in [0.15, 0.2) is 0 Å². The lowest BCUT2D eigenvalue weighted by molar-refractivity contribution is 0.518. The second kappa shape index (κ2) is 5.82. The Labute approximate surface area is 87.5 Å². The fraction of sp³-hybridized carbons (Fsp3) is 0.538. The lowest BCUT2D eigenvalue weighted by atomic mass is 10.0. The molecule has 1 aromatic carbocycles. The highest BCUT2D eigenvalue weighted by Crippen LogP contribution is 2.16. The van der Waals surface area contributed by atoms with E-state index in [2.05, 4.69) is 50.4 Å². The zero-order valence-electron chi connectivity index (χ0n) is 9.51. The first kappa shape index (κ1) is 11.3. The van der Waals surface area contributed by atoms with Gasteiger partial charge in [0.05, 0.1) is 0 Å². The third-order valence-electron chi connectivity index (χ3n) is 2.53. The molecular weight excluding hydrogens is 170 g/mol. The Balaban J connectivity index is 2.64. The molecule has 0 amide bonds. The maximum absolute atomic E-state index is 3.55. The van der Waals surface area contributed by atoms with Crippen molar-refractivity contribution in [2.75, 3.05) is 6.54 Å². The van der Waals surface area contributed by atoms with Gasteiger partial charge in [-0.2, -0.15) is 0 Å². The summed E-state index contributed by atoms with van der Waals surface area (Å²) in [6, 6.07) is 9.35. The normalized spacial score (nSPS) is 12.8. The Morgan fingerprint density at radius 3 is 2.29 bits per heavy atom. The van der Waals surface area contributed by atoms with Crippen molar-refractivity contribution in [2.45, 2.75) is 39.7 Å². The zero-order chi connectivity index (χ0) is 10.4. The molecule has 0 saturated carbocycles. The molecule has 1 N–H and O–H groups in total. The number of nitrogens with one attached hydrogen (secondary N) is 1. The van der Waals surface area contributed by atoms with Gasteiger partial charge in [-0.1, -0.05) is 43.7 Å². The quantitative estimate of drug-likeness (QED) is 0.751. The van der Waals surface area contributed by atoms with Crippen LogP contribution in [-0.2, 0) is 0 Å². The molecule has 1 atom stereocenters. The second-order valence-electron chi connectivity index (χ2n) is 3.83. The van der Waals surface area contributed by atoms with Gasteiger partial charge in [-0.05, 0) is 31.9 Å². The van der Waals surface area contributed by atoms with Crippen LogP contribution in [0.2, 0.25) is 0 Å². The van der Waals surface area contributed by atoms with E-state index in [1.165, 1.54) is 17.5 Å². The highest BCUT2D eigenvalue weighted by atomic mass is 14.9. The molecule has 0 aliphatic carbocycles. The number of aryl methyl sites for hydroxylation is 1. The van der Waals surface area contributed by atoms with Crippen LogP contribution in [0.25, 0.3) is 0 Å². The van der Waals surface area contributed by atoms with Gasteiger partial charge in [0.25, 0.3) is 0 Å². The topological polar surface area (TPSA) is 12.0 Å². The Kier molecular flexibility index (Phi) is 4.68. The van der Waals surface area contributed by atoms with Crippen molar-refractivity contribution in [3.63, 3.8) is 0 Å². The molecule has 0 radical (unpaired) electrons. The van der Waals surface area contributed by atoms with Crippen LogP contribution >= 0.6 is 0 Å². The highest BCUT2D eigenvalue weighted by Gasteiger charge is 2.06. The first-order chi connectivity index (χ1) is 6.77. The van der Waals surface area contributed by atoms with E-state index in [4.69, 9.17) is 0 Å². The summed E-state index contributed by atoms with van der Waals surface area (Å²) in [6.07, 6.45) is 2.35. The van der Waals surface area contributed by atoms with Crippen molar-refractivity contribution < 1.29 is 0 Å². The minimum absolute atomic E-state index is 0.524. The molecule has 1 heteroatoms. The second-order valence-corrected chi connectivity index (χ2v) is 3.83. The van der Waals surface area contributed by atoms with Crippen LogP contribution in [0.5, 0.6) is 0 Å². The van der Waals surface area contributed by atoms with Gasteiger partial charge < -0.3 is 5.32 Å². The Bertz CT molecular complexity index is 250. The molecule has 0 saturated heterocycles. The fourth-order valence-corrected chi connectivity index (χ4v) is 1.62. The highest BCUT2D eigenvalue weighted by molar-refractivity contribution is 5.23. The molecule has 78 valence electrons. The van der Waals surface area contributed by atoms with Crippen molar-refractivity contribution >= 4 is 0 Å². The molecule has 14 heavy (non-hydrogen) atoms. The Morgan fingerprint density at radius 1 is 1.14 bits per heavy atom. The van der Waals surface area contributed by atoms with Crippen molar-refractivity contribution in [3.05, 3.63) is 35.4 Å². The molecule has 1 aromatic rings. The molecule has 0 spiro atoms. The van der Waals surface area contributed by atoms with Crippen LogP contribution in [-0.4, -0.2) is 6.54 Å². The number of hydrogen-bond acceptors (Lipinski definition) is 1. The van der Waals surface area contributed by atoms with Crippen molar-refractivity contribution in [2.24, 2.45) is 0 Å². The summed E-state index contributed by atoms with van der Waals surface area (Å²) in [6.45, 7) is 7.67. The van der Waals surface area contributed by atoms with Crippen LogP contribution in [0, 0.1) is 6.92 Å². The minimum Gasteiger partial charge on any atom is -0.310 e. The first-order valence-electron chi connectivity index (χ1n) is 5.57. The summed E-state index contributed by atoms with van der Waals surface area (Å²) >= 11 is 0. The first-order valence-corrected chi connectivity index (χ1v) is 5.57. The minimum atomic E-state index is 0.524. The summed E-state index contributed by atoms with van der Waals surface area (Å²) in [5.41, 5.74) is 2.74. The third-order valence-corrected chi connectivity index (χ3v) is 2.53. The van der Waals surface area contributed by atoms with E-state index in [9.17, 15) is 0 Å². The Hall–Kier alpha value is -0.820. The van der Waals surface area contributed by atoms with Crippen molar-refractivity contribution in [3.8, 4) is 0 Å². The number of hydrogen-bond donors (Lipinski definition) is 1. The molecule has 1 rings (SSSR count). The zero-order valence-corrected chi connectivity index (χ0v) is 9.51. The van der Waals surface area contributed by atoms with Gasteiger partial charge in [-0.3, -0.25) is 0 Å². The van der Waals surface area contributed by atoms with Crippen molar-refractivity contribution in [1.29, 1.82) is 0 Å². The largest absolute Gasteiger partial charge is 0.310 e. The van der Waals surface area contributed by atoms with Crippen LogP contribution in [0.15, 0.2) is 24.3 Å². The van der Waals surface area contributed by atoms with Gasteiger partial charge in [-0.15, -0.1) is 0 Å². The molecule has 0 fully saturated rings. The summed E-state index contributed by atoms with van der Waals surface area (Å²) in [5.74, 6) is 0. The summed E-state index contributed by atoms with van der Waals surface area (Å²) in [7, 11) is 0. The van der Waals surface area contributed by atoms with E-state index in [0.29, 0.717) is 6.04 Å². The molecule has 0 aromatic heterocycles. The molecule has 1 nitrogen and oxygen atoms in total. The van der Waals surface area contributed by atoms with Crippen LogP contribution < -0.4 is 5.32 Å². The Morgan fingerprint density at radius 2 is 1.79 bits per heavy atom. The monoisotopic (exact) mass is 191 g/mol. The van der Waals surface area contributed by atoms with Crippen molar-refractivity contribution in [1.82, 2.24) is 5.32 Å². The predicted octanol–water partition coefficient (Wildman–Crippen LogP) is 3.45. The molecule has 0 unspecified atom stereocenters. The SMILES string of the molecule is CCCN[C@@H](CC)c1ccc(C)cc1. The van der Waals surface area contributed by atoms with E-state index >= 15 is 0 Å². The lowest BCUT2D eigenvalue weighted by Gasteiger charge is -2.17. The van der Waals surface area contributed by atoms with Crippen LogP contribution in [0.3, 0.4) is 0 Å². The van der Waals surface area contributed by atoms with E-state index in [1.54, 1.807) is 0 Å². The molecule has 0 aliphatic rings. The van der Waals surface area contributed by atoms with Gasteiger partial charge in [0.1, 0.15) is 0 Å². The third kappa shape index (κ3) is 3.15. The summed E-state index contributed by atoms with van der Waals surface area (Å²) in [4.78, 5) is 0. The van der Waals surface area contributed by atoms with Gasteiger partial charge >= 0.3 is 0 Å². The predicted molar refractivity (Wildman–Crippen MR) is 62.5 cm³/mol. The molecular formula is C13H21N. The molecule has 0 heterocycles. The van der Waals surface area contributed by atoms with Crippen LogP contribution in [0.1, 0.15) is 43.9 Å². The maximum atomic E-state index is 3.55. The smallest absolute Gasteiger partial charge is 0.0317 e. The maximum Gasteiger partial charge on any atom is 0.0317 e. The fourth-order valence-electron chi connectivity index (χ4n) is 1.62. The lowest BCUT2D eigenvalue weighted by Crippen LogP contribution is -2.21. The van der Waals surface area contributed by atoms with E-state index in [0.717, 1.165) is 13.0 Å². The van der Waals surface area contributed by atoms with Crippen LogP contribution in [0.4, 0.5) is 0 Å². The van der Waals surface area contributed by atoms with E-state index in [1.807, 2.05) is 0 Å². The molecule has 0 bridgehead atoms. The van der Waals surface area contributed by atoms with E-state index < -0.39 is 0 Å². The summed E-state index contributed by atoms with van der Waals surface area (Å²) in [5, 5.41) is 3.55. The average Bonchev–Trinajstić information content (AvgIpc) is 2.21. The summed E-state index contributed by atoms with van der Waals surface area (Å²) < 4.78 is 0. The molecule has 0 aliphatic heterocycles. The van der Waals surface area contributed by atoms with E-state index in [-0.39, 0.29) is 0 Å².